The molecule has 0 spiro atoms. The number of furan rings is 1. The van der Waals surface area contributed by atoms with Gasteiger partial charge in [-0.2, -0.15) is 0 Å². The van der Waals surface area contributed by atoms with Gasteiger partial charge in [0.1, 0.15) is 5.58 Å². The number of benzene rings is 8. The van der Waals surface area contributed by atoms with Crippen LogP contribution in [0.15, 0.2) is 180 Å². The number of fused-ring (bicyclic) bond motifs is 7. The maximum Gasteiger partial charge on any atom is 0.160 e. The van der Waals surface area contributed by atoms with Crippen molar-refractivity contribution < 1.29 is 4.42 Å². The second kappa shape index (κ2) is 11.2. The molecule has 0 atom stereocenters. The first-order chi connectivity index (χ1) is 24.3. The average molecular weight is 644 g/mol. The molecule has 2 aromatic heterocycles. The van der Waals surface area contributed by atoms with Gasteiger partial charge in [-0.3, -0.25) is 0 Å². The van der Waals surface area contributed by atoms with Gasteiger partial charge in [-0.1, -0.05) is 127 Å². The maximum atomic E-state index is 6.79. The molecule has 2 heterocycles. The number of hydrogen-bond acceptors (Lipinski definition) is 3. The Bertz CT molecular complexity index is 2830. The molecule has 0 saturated heterocycles. The van der Waals surface area contributed by atoms with E-state index in [0.29, 0.717) is 0 Å². The molecular weight excluding hydrogens is 615 g/mol. The normalized spacial score (nSPS) is 11.7. The zero-order valence-corrected chi connectivity index (χ0v) is 27.3. The van der Waals surface area contributed by atoms with Gasteiger partial charge >= 0.3 is 0 Å². The Morgan fingerprint density at radius 1 is 0.429 bits per heavy atom. The summed E-state index contributed by atoms with van der Waals surface area (Å²) in [4.78, 5) is 2.34. The Kier molecular flexibility index (Phi) is 6.39. The van der Waals surface area contributed by atoms with Crippen LogP contribution >= 0.6 is 11.3 Å². The number of hydrogen-bond donors (Lipinski definition) is 0. The topological polar surface area (TPSA) is 16.4 Å². The van der Waals surface area contributed by atoms with Crippen LogP contribution in [0.2, 0.25) is 0 Å². The Hall–Kier alpha value is -6.16. The molecule has 8 aromatic carbocycles. The number of nitrogens with zero attached hydrogens (tertiary/aromatic N) is 1. The van der Waals surface area contributed by atoms with Gasteiger partial charge in [-0.05, 0) is 81.6 Å². The molecule has 0 saturated carbocycles. The molecule has 0 bridgehead atoms. The smallest absolute Gasteiger partial charge is 0.160 e. The Morgan fingerprint density at radius 3 is 1.98 bits per heavy atom. The molecule has 0 radical (unpaired) electrons. The molecule has 3 heteroatoms. The van der Waals surface area contributed by atoms with Crippen molar-refractivity contribution in [2.75, 3.05) is 4.90 Å². The van der Waals surface area contributed by atoms with E-state index in [1.165, 1.54) is 47.6 Å². The van der Waals surface area contributed by atoms with E-state index in [9.17, 15) is 0 Å². The lowest BCUT2D eigenvalue weighted by Crippen LogP contribution is -2.10. The lowest BCUT2D eigenvalue weighted by molar-refractivity contribution is 0.669. The molecule has 10 rings (SSSR count). The zero-order chi connectivity index (χ0) is 32.3. The zero-order valence-electron chi connectivity index (χ0n) is 26.5. The van der Waals surface area contributed by atoms with E-state index in [0.717, 1.165) is 44.6 Å². The molecule has 0 aliphatic heterocycles. The number of rotatable bonds is 5. The fourth-order valence-corrected chi connectivity index (χ4v) is 8.53. The molecule has 0 amide bonds. The van der Waals surface area contributed by atoms with Crippen LogP contribution in [0.3, 0.4) is 0 Å². The average Bonchev–Trinajstić information content (AvgIpc) is 3.75. The van der Waals surface area contributed by atoms with Gasteiger partial charge in [0.2, 0.25) is 0 Å². The standard InChI is InChI=1S/C46H29NOS/c1-2-12-31(13-3-1)37-27-28-40(46-45(37)38-15-6-8-18-41(38)48-46)47(35-26-21-30-11-4-5-14-33(30)29-35)34-24-22-32(23-25-34)36-17-10-20-43-44(36)39-16-7-9-19-42(39)49-43/h1-29H. The van der Waals surface area contributed by atoms with E-state index in [4.69, 9.17) is 4.42 Å². The van der Waals surface area contributed by atoms with Gasteiger partial charge in [-0.25, -0.2) is 0 Å². The van der Waals surface area contributed by atoms with Crippen molar-refractivity contribution in [1.82, 2.24) is 0 Å². The predicted molar refractivity (Wildman–Crippen MR) is 210 cm³/mol. The summed E-state index contributed by atoms with van der Waals surface area (Å²) >= 11 is 1.86. The minimum Gasteiger partial charge on any atom is -0.454 e. The van der Waals surface area contributed by atoms with Crippen molar-refractivity contribution in [2.24, 2.45) is 0 Å². The van der Waals surface area contributed by atoms with Gasteiger partial charge in [0.25, 0.3) is 0 Å². The highest BCUT2D eigenvalue weighted by atomic mass is 32.1. The summed E-state index contributed by atoms with van der Waals surface area (Å²) in [6.07, 6.45) is 0. The number of para-hydroxylation sites is 1. The van der Waals surface area contributed by atoms with Crippen LogP contribution in [0.5, 0.6) is 0 Å². The van der Waals surface area contributed by atoms with E-state index in [1.807, 2.05) is 17.4 Å². The summed E-state index contributed by atoms with van der Waals surface area (Å²) in [6.45, 7) is 0. The second-order valence-corrected chi connectivity index (χ2v) is 13.6. The highest BCUT2D eigenvalue weighted by Crippen LogP contribution is 2.47. The fraction of sp³-hybridized carbons (Fsp3) is 0. The molecule has 0 N–H and O–H groups in total. The van der Waals surface area contributed by atoms with Crippen LogP contribution in [-0.4, -0.2) is 0 Å². The second-order valence-electron chi connectivity index (χ2n) is 12.5. The van der Waals surface area contributed by atoms with Gasteiger partial charge in [0.05, 0.1) is 5.69 Å². The third-order valence-electron chi connectivity index (χ3n) is 9.66. The molecule has 49 heavy (non-hydrogen) atoms. The van der Waals surface area contributed by atoms with Crippen molar-refractivity contribution >= 4 is 81.3 Å². The minimum absolute atomic E-state index is 0.870. The van der Waals surface area contributed by atoms with Gasteiger partial charge in [0.15, 0.2) is 5.58 Å². The molecule has 0 aliphatic carbocycles. The summed E-state index contributed by atoms with van der Waals surface area (Å²) < 4.78 is 9.42. The minimum atomic E-state index is 0.870. The van der Waals surface area contributed by atoms with Crippen LogP contribution in [0.4, 0.5) is 17.1 Å². The summed E-state index contributed by atoms with van der Waals surface area (Å²) in [5, 5.41) is 7.28. The van der Waals surface area contributed by atoms with Crippen molar-refractivity contribution in [3.63, 3.8) is 0 Å². The molecule has 2 nitrogen and oxygen atoms in total. The molecule has 230 valence electrons. The van der Waals surface area contributed by atoms with Crippen LogP contribution in [0.25, 0.3) is 75.1 Å². The Labute approximate surface area is 287 Å². The maximum absolute atomic E-state index is 6.79. The van der Waals surface area contributed by atoms with Crippen LogP contribution < -0.4 is 4.90 Å². The van der Waals surface area contributed by atoms with Crippen molar-refractivity contribution in [3.8, 4) is 22.3 Å². The monoisotopic (exact) mass is 643 g/mol. The molecule has 0 fully saturated rings. The fourth-order valence-electron chi connectivity index (χ4n) is 7.40. The van der Waals surface area contributed by atoms with E-state index in [1.54, 1.807) is 0 Å². The third-order valence-corrected chi connectivity index (χ3v) is 10.8. The first-order valence-electron chi connectivity index (χ1n) is 16.6. The first-order valence-corrected chi connectivity index (χ1v) is 17.4. The number of thiophene rings is 1. The van der Waals surface area contributed by atoms with E-state index >= 15 is 0 Å². The molecular formula is C46H29NOS. The van der Waals surface area contributed by atoms with Crippen LogP contribution in [-0.2, 0) is 0 Å². The van der Waals surface area contributed by atoms with Crippen LogP contribution in [0.1, 0.15) is 0 Å². The van der Waals surface area contributed by atoms with Gasteiger partial charge < -0.3 is 9.32 Å². The van der Waals surface area contributed by atoms with E-state index in [2.05, 4.69) is 175 Å². The Morgan fingerprint density at radius 2 is 1.10 bits per heavy atom. The Balaban J connectivity index is 1.20. The largest absolute Gasteiger partial charge is 0.454 e. The lowest BCUT2D eigenvalue weighted by Gasteiger charge is -2.26. The SMILES string of the molecule is c1ccc(-c2ccc(N(c3ccc(-c4cccc5sc6ccccc6c45)cc3)c3ccc4ccccc4c3)c3oc4ccccc4c23)cc1. The van der Waals surface area contributed by atoms with Crippen molar-refractivity contribution in [2.45, 2.75) is 0 Å². The van der Waals surface area contributed by atoms with E-state index in [-0.39, 0.29) is 0 Å². The summed E-state index contributed by atoms with van der Waals surface area (Å²) in [5.41, 5.74) is 9.68. The summed E-state index contributed by atoms with van der Waals surface area (Å²) in [6, 6.07) is 63.1. The lowest BCUT2D eigenvalue weighted by atomic mass is 9.97. The van der Waals surface area contributed by atoms with Crippen molar-refractivity contribution in [1.29, 1.82) is 0 Å². The summed E-state index contributed by atoms with van der Waals surface area (Å²) in [7, 11) is 0. The first kappa shape index (κ1) is 27.9. The van der Waals surface area contributed by atoms with E-state index < -0.39 is 0 Å². The highest BCUT2D eigenvalue weighted by molar-refractivity contribution is 7.25. The molecule has 0 unspecified atom stereocenters. The molecule has 0 aliphatic rings. The predicted octanol–water partition coefficient (Wildman–Crippen LogP) is 13.9. The summed E-state index contributed by atoms with van der Waals surface area (Å²) in [5.74, 6) is 0. The van der Waals surface area contributed by atoms with Crippen LogP contribution in [0, 0.1) is 0 Å². The number of anilines is 3. The van der Waals surface area contributed by atoms with Gasteiger partial charge in [0, 0.05) is 42.3 Å². The molecule has 10 aromatic rings. The highest BCUT2D eigenvalue weighted by Gasteiger charge is 2.22. The quantitative estimate of drug-likeness (QED) is 0.186. The third kappa shape index (κ3) is 4.55. The van der Waals surface area contributed by atoms with Gasteiger partial charge in [-0.15, -0.1) is 11.3 Å². The van der Waals surface area contributed by atoms with Crippen molar-refractivity contribution in [3.05, 3.63) is 176 Å².